The van der Waals surface area contributed by atoms with Gasteiger partial charge < -0.3 is 19.5 Å². The number of carboxylic acid groups (broad SMARTS) is 1. The first-order chi connectivity index (χ1) is 11.6. The van der Waals surface area contributed by atoms with Crippen LogP contribution in [0, 0.1) is 6.92 Å². The minimum absolute atomic E-state index is 0.0935. The van der Waals surface area contributed by atoms with Gasteiger partial charge in [-0.15, -0.1) is 0 Å². The second-order valence-corrected chi connectivity index (χ2v) is 5.53. The molecule has 7 heteroatoms. The zero-order valence-corrected chi connectivity index (χ0v) is 13.4. The molecule has 1 aromatic carbocycles. The van der Waals surface area contributed by atoms with Gasteiger partial charge in [0.1, 0.15) is 23.7 Å². The molecule has 0 amide bonds. The summed E-state index contributed by atoms with van der Waals surface area (Å²) in [6.07, 6.45) is 1.34. The molecule has 126 valence electrons. The number of carboxylic acids is 1. The van der Waals surface area contributed by atoms with Crippen LogP contribution in [-0.4, -0.2) is 47.3 Å². The van der Waals surface area contributed by atoms with E-state index in [1.165, 1.54) is 6.20 Å². The summed E-state index contributed by atoms with van der Waals surface area (Å²) < 4.78 is 11.0. The molecule has 2 aromatic rings. The highest BCUT2D eigenvalue weighted by molar-refractivity contribution is 5.93. The molecule has 0 atom stereocenters. The number of morpholine rings is 1. The number of aromatic carboxylic acids is 1. The second-order valence-electron chi connectivity index (χ2n) is 5.53. The van der Waals surface area contributed by atoms with Gasteiger partial charge in [-0.1, -0.05) is 17.7 Å². The highest BCUT2D eigenvalue weighted by Gasteiger charge is 2.21. The lowest BCUT2D eigenvalue weighted by molar-refractivity contribution is 0.0695. The van der Waals surface area contributed by atoms with E-state index in [-0.39, 0.29) is 12.2 Å². The van der Waals surface area contributed by atoms with Gasteiger partial charge in [-0.25, -0.2) is 14.8 Å². The third-order valence-electron chi connectivity index (χ3n) is 3.75. The molecule has 2 heterocycles. The van der Waals surface area contributed by atoms with Crippen molar-refractivity contribution in [1.29, 1.82) is 0 Å². The fraction of sp³-hybridized carbons (Fsp3) is 0.353. The number of rotatable bonds is 5. The lowest BCUT2D eigenvalue weighted by atomic mass is 10.2. The number of carbonyl (C=O) groups is 1. The molecular weight excluding hydrogens is 310 g/mol. The highest BCUT2D eigenvalue weighted by Crippen LogP contribution is 2.20. The van der Waals surface area contributed by atoms with Crippen molar-refractivity contribution in [2.75, 3.05) is 31.2 Å². The summed E-state index contributed by atoms with van der Waals surface area (Å²) in [6, 6.07) is 7.68. The first-order valence-electron chi connectivity index (χ1n) is 7.75. The predicted molar refractivity (Wildman–Crippen MR) is 87.5 cm³/mol. The lowest BCUT2D eigenvalue weighted by Gasteiger charge is -2.28. The van der Waals surface area contributed by atoms with Gasteiger partial charge in [0, 0.05) is 19.3 Å². The van der Waals surface area contributed by atoms with Crippen LogP contribution in [-0.2, 0) is 11.3 Å². The number of ether oxygens (including phenoxy) is 2. The average molecular weight is 329 g/mol. The Balaban J connectivity index is 1.78. The molecule has 0 saturated carbocycles. The van der Waals surface area contributed by atoms with Crippen LogP contribution in [0.3, 0.4) is 0 Å². The van der Waals surface area contributed by atoms with Crippen LogP contribution in [0.25, 0.3) is 0 Å². The van der Waals surface area contributed by atoms with Gasteiger partial charge >= 0.3 is 5.97 Å². The van der Waals surface area contributed by atoms with Crippen molar-refractivity contribution in [3.05, 3.63) is 47.4 Å². The minimum atomic E-state index is -1.04. The SMILES string of the molecule is Cc1ccc(OCc2ncc(C(=O)O)c(N3CCOCC3)n2)cc1. The Kier molecular flexibility index (Phi) is 4.90. The average Bonchev–Trinajstić information content (AvgIpc) is 2.61. The Hall–Kier alpha value is -2.67. The van der Waals surface area contributed by atoms with Crippen LogP contribution in [0.4, 0.5) is 5.82 Å². The maximum atomic E-state index is 11.4. The molecule has 0 radical (unpaired) electrons. The first kappa shape index (κ1) is 16.2. The predicted octanol–water partition coefficient (Wildman–Crippen LogP) is 1.90. The maximum absolute atomic E-state index is 11.4. The zero-order chi connectivity index (χ0) is 16.9. The molecule has 1 aromatic heterocycles. The van der Waals surface area contributed by atoms with E-state index in [1.807, 2.05) is 36.1 Å². The van der Waals surface area contributed by atoms with E-state index in [0.29, 0.717) is 37.9 Å². The maximum Gasteiger partial charge on any atom is 0.341 e. The fourth-order valence-corrected chi connectivity index (χ4v) is 2.43. The van der Waals surface area contributed by atoms with Crippen molar-refractivity contribution in [3.8, 4) is 5.75 Å². The van der Waals surface area contributed by atoms with Crippen molar-refractivity contribution in [2.45, 2.75) is 13.5 Å². The summed E-state index contributed by atoms with van der Waals surface area (Å²) in [7, 11) is 0. The van der Waals surface area contributed by atoms with E-state index in [1.54, 1.807) is 0 Å². The molecule has 1 aliphatic heterocycles. The van der Waals surface area contributed by atoms with Crippen LogP contribution in [0.15, 0.2) is 30.5 Å². The number of hydrogen-bond donors (Lipinski definition) is 1. The Labute approximate surface area is 139 Å². The van der Waals surface area contributed by atoms with E-state index in [2.05, 4.69) is 9.97 Å². The van der Waals surface area contributed by atoms with Crippen molar-refractivity contribution in [3.63, 3.8) is 0 Å². The third kappa shape index (κ3) is 3.80. The number of aryl methyl sites for hydroxylation is 1. The number of anilines is 1. The van der Waals surface area contributed by atoms with Crippen molar-refractivity contribution in [2.24, 2.45) is 0 Å². The molecule has 3 rings (SSSR count). The minimum Gasteiger partial charge on any atom is -0.486 e. The molecule has 0 aliphatic carbocycles. The molecule has 1 saturated heterocycles. The van der Waals surface area contributed by atoms with Gasteiger partial charge in [-0.2, -0.15) is 0 Å². The number of benzene rings is 1. The summed E-state index contributed by atoms with van der Waals surface area (Å²) in [6.45, 7) is 4.51. The summed E-state index contributed by atoms with van der Waals surface area (Å²) in [5, 5.41) is 9.35. The molecular formula is C17H19N3O4. The molecule has 7 nitrogen and oxygen atoms in total. The summed E-state index contributed by atoms with van der Waals surface area (Å²) in [5.41, 5.74) is 1.25. The van der Waals surface area contributed by atoms with Gasteiger partial charge in [0.25, 0.3) is 0 Å². The third-order valence-corrected chi connectivity index (χ3v) is 3.75. The lowest BCUT2D eigenvalue weighted by Crippen LogP contribution is -2.38. The summed E-state index contributed by atoms with van der Waals surface area (Å²) >= 11 is 0. The highest BCUT2D eigenvalue weighted by atomic mass is 16.5. The van der Waals surface area contributed by atoms with Gasteiger partial charge in [0.2, 0.25) is 0 Å². The van der Waals surface area contributed by atoms with Crippen LogP contribution in [0.1, 0.15) is 21.7 Å². The number of aromatic nitrogens is 2. The van der Waals surface area contributed by atoms with Crippen molar-refractivity contribution < 1.29 is 19.4 Å². The second kappa shape index (κ2) is 7.27. The summed E-state index contributed by atoms with van der Waals surface area (Å²) in [4.78, 5) is 21.8. The molecule has 1 aliphatic rings. The van der Waals surface area contributed by atoms with E-state index in [0.717, 1.165) is 11.3 Å². The quantitative estimate of drug-likeness (QED) is 0.896. The van der Waals surface area contributed by atoms with E-state index < -0.39 is 5.97 Å². The molecule has 0 bridgehead atoms. The standard InChI is InChI=1S/C17H19N3O4/c1-12-2-4-13(5-3-12)24-11-15-18-10-14(17(21)22)16(19-15)20-6-8-23-9-7-20/h2-5,10H,6-9,11H2,1H3,(H,21,22). The van der Waals surface area contributed by atoms with Gasteiger partial charge in [-0.05, 0) is 19.1 Å². The van der Waals surface area contributed by atoms with Crippen LogP contribution < -0.4 is 9.64 Å². The smallest absolute Gasteiger partial charge is 0.341 e. The van der Waals surface area contributed by atoms with Crippen molar-refractivity contribution >= 4 is 11.8 Å². The topological polar surface area (TPSA) is 84.8 Å². The molecule has 24 heavy (non-hydrogen) atoms. The van der Waals surface area contributed by atoms with Crippen molar-refractivity contribution in [1.82, 2.24) is 9.97 Å². The fourth-order valence-electron chi connectivity index (χ4n) is 2.43. The van der Waals surface area contributed by atoms with Gasteiger partial charge in [0.05, 0.1) is 13.2 Å². The molecule has 1 N–H and O–H groups in total. The van der Waals surface area contributed by atoms with Crippen LogP contribution in [0.5, 0.6) is 5.75 Å². The Morgan fingerprint density at radius 1 is 1.29 bits per heavy atom. The van der Waals surface area contributed by atoms with Crippen LogP contribution in [0.2, 0.25) is 0 Å². The molecule has 0 spiro atoms. The van der Waals surface area contributed by atoms with E-state index in [4.69, 9.17) is 9.47 Å². The molecule has 0 unspecified atom stereocenters. The van der Waals surface area contributed by atoms with Gasteiger partial charge in [0.15, 0.2) is 5.82 Å². The first-order valence-corrected chi connectivity index (χ1v) is 7.75. The number of nitrogens with zero attached hydrogens (tertiary/aromatic N) is 3. The van der Waals surface area contributed by atoms with E-state index in [9.17, 15) is 9.90 Å². The molecule has 1 fully saturated rings. The van der Waals surface area contributed by atoms with Crippen LogP contribution >= 0.6 is 0 Å². The Morgan fingerprint density at radius 3 is 2.67 bits per heavy atom. The number of hydrogen-bond acceptors (Lipinski definition) is 6. The zero-order valence-electron chi connectivity index (χ0n) is 13.4. The summed E-state index contributed by atoms with van der Waals surface area (Å²) in [5.74, 6) is 0.548. The monoisotopic (exact) mass is 329 g/mol. The largest absolute Gasteiger partial charge is 0.486 e. The van der Waals surface area contributed by atoms with Gasteiger partial charge in [-0.3, -0.25) is 0 Å². The normalized spacial score (nSPS) is 14.5. The van der Waals surface area contributed by atoms with E-state index >= 15 is 0 Å². The Bertz CT molecular complexity index is 712. The Morgan fingerprint density at radius 2 is 2.00 bits per heavy atom.